The Morgan fingerprint density at radius 3 is 2.93 bits per heavy atom. The first kappa shape index (κ1) is 10.5. The van der Waals surface area contributed by atoms with E-state index >= 15 is 0 Å². The topological polar surface area (TPSA) is 113 Å². The van der Waals surface area contributed by atoms with Gasteiger partial charge in [-0.2, -0.15) is 0 Å². The fraction of sp³-hybridized carbons (Fsp3) is 0.571. The van der Waals surface area contributed by atoms with Gasteiger partial charge in [0.15, 0.2) is 17.3 Å². The van der Waals surface area contributed by atoms with E-state index in [1.807, 2.05) is 0 Å². The van der Waals surface area contributed by atoms with Crippen molar-refractivity contribution in [1.29, 1.82) is 0 Å². The second-order valence-electron chi connectivity index (χ2n) is 2.61. The standard InChI is InChI=1S/C7H13N5O2/c1-13-4-2-3-10-6(8)5-7(9)12-14-11-5/h2-4H2,1H3,(H2,8,10)(H2,9,12). The van der Waals surface area contributed by atoms with Gasteiger partial charge < -0.3 is 16.2 Å². The van der Waals surface area contributed by atoms with Crippen LogP contribution in [0.4, 0.5) is 5.82 Å². The first-order valence-corrected chi connectivity index (χ1v) is 4.13. The second-order valence-corrected chi connectivity index (χ2v) is 2.61. The van der Waals surface area contributed by atoms with E-state index in [1.165, 1.54) is 0 Å². The molecule has 7 nitrogen and oxygen atoms in total. The van der Waals surface area contributed by atoms with Gasteiger partial charge in [0, 0.05) is 20.3 Å². The Balaban J connectivity index is 2.48. The summed E-state index contributed by atoms with van der Waals surface area (Å²) in [6, 6.07) is 0. The van der Waals surface area contributed by atoms with E-state index in [-0.39, 0.29) is 11.7 Å². The van der Waals surface area contributed by atoms with Crippen molar-refractivity contribution in [2.75, 3.05) is 26.0 Å². The van der Waals surface area contributed by atoms with Crippen LogP contribution < -0.4 is 11.5 Å². The van der Waals surface area contributed by atoms with E-state index in [2.05, 4.69) is 19.9 Å². The van der Waals surface area contributed by atoms with Crippen molar-refractivity contribution in [3.63, 3.8) is 0 Å². The second kappa shape index (κ2) is 5.18. The zero-order valence-electron chi connectivity index (χ0n) is 7.93. The lowest BCUT2D eigenvalue weighted by atomic mass is 10.4. The normalized spacial score (nSPS) is 11.9. The minimum absolute atomic E-state index is 0.151. The van der Waals surface area contributed by atoms with Gasteiger partial charge in [0.1, 0.15) is 0 Å². The quantitative estimate of drug-likeness (QED) is 0.371. The predicted octanol–water partition coefficient (Wildman–Crippen LogP) is -0.606. The number of nitrogens with two attached hydrogens (primary N) is 2. The van der Waals surface area contributed by atoms with E-state index in [4.69, 9.17) is 16.2 Å². The van der Waals surface area contributed by atoms with E-state index < -0.39 is 0 Å². The molecule has 1 heterocycles. The van der Waals surface area contributed by atoms with Crippen molar-refractivity contribution in [3.8, 4) is 0 Å². The molecule has 0 radical (unpaired) electrons. The molecule has 1 aromatic rings. The maximum absolute atomic E-state index is 5.59. The highest BCUT2D eigenvalue weighted by atomic mass is 16.6. The molecule has 0 bridgehead atoms. The Kier molecular flexibility index (Phi) is 3.86. The van der Waals surface area contributed by atoms with Crippen LogP contribution in [0.1, 0.15) is 12.1 Å². The van der Waals surface area contributed by atoms with Crippen molar-refractivity contribution in [1.82, 2.24) is 10.3 Å². The molecule has 0 saturated carbocycles. The summed E-state index contributed by atoms with van der Waals surface area (Å²) in [5, 5.41) is 6.90. The molecule has 14 heavy (non-hydrogen) atoms. The van der Waals surface area contributed by atoms with Crippen LogP contribution >= 0.6 is 0 Å². The van der Waals surface area contributed by atoms with Gasteiger partial charge in [-0.1, -0.05) is 0 Å². The van der Waals surface area contributed by atoms with Gasteiger partial charge in [-0.25, -0.2) is 4.63 Å². The van der Waals surface area contributed by atoms with Crippen LogP contribution in [-0.4, -0.2) is 36.4 Å². The molecular formula is C7H13N5O2. The van der Waals surface area contributed by atoms with Crippen molar-refractivity contribution in [3.05, 3.63) is 5.69 Å². The van der Waals surface area contributed by atoms with Crippen LogP contribution in [0.15, 0.2) is 9.62 Å². The molecule has 1 aromatic heterocycles. The lowest BCUT2D eigenvalue weighted by molar-refractivity contribution is 0.197. The van der Waals surface area contributed by atoms with Gasteiger partial charge >= 0.3 is 0 Å². The Hall–Kier alpha value is -1.63. The van der Waals surface area contributed by atoms with Crippen LogP contribution in [0.5, 0.6) is 0 Å². The molecule has 4 N–H and O–H groups in total. The molecule has 0 aliphatic heterocycles. The maximum atomic E-state index is 5.59. The van der Waals surface area contributed by atoms with Crippen molar-refractivity contribution in [2.45, 2.75) is 6.42 Å². The number of ether oxygens (including phenoxy) is 1. The molecular weight excluding hydrogens is 186 g/mol. The highest BCUT2D eigenvalue weighted by molar-refractivity contribution is 5.99. The molecule has 0 saturated heterocycles. The van der Waals surface area contributed by atoms with E-state index in [0.717, 1.165) is 6.42 Å². The summed E-state index contributed by atoms with van der Waals surface area (Å²) in [5.41, 5.74) is 11.3. The number of rotatable bonds is 5. The molecule has 0 atom stereocenters. The van der Waals surface area contributed by atoms with Crippen molar-refractivity contribution in [2.24, 2.45) is 10.7 Å². The van der Waals surface area contributed by atoms with Crippen molar-refractivity contribution >= 4 is 11.7 Å². The number of aliphatic imine (C=N–C) groups is 1. The number of hydrogen-bond donors (Lipinski definition) is 2. The zero-order chi connectivity index (χ0) is 10.4. The molecule has 78 valence electrons. The smallest absolute Gasteiger partial charge is 0.199 e. The molecule has 1 rings (SSSR count). The number of amidine groups is 1. The molecule has 0 aliphatic rings. The summed E-state index contributed by atoms with van der Waals surface area (Å²) < 4.78 is 9.24. The number of hydrogen-bond acceptors (Lipinski definition) is 6. The fourth-order valence-corrected chi connectivity index (χ4v) is 0.856. The average Bonchev–Trinajstić information content (AvgIpc) is 2.59. The van der Waals surface area contributed by atoms with E-state index in [0.29, 0.717) is 18.8 Å². The minimum atomic E-state index is 0.151. The molecule has 0 unspecified atom stereocenters. The van der Waals surface area contributed by atoms with E-state index in [9.17, 15) is 0 Å². The Labute approximate surface area is 81.1 Å². The Morgan fingerprint density at radius 1 is 1.57 bits per heavy atom. The average molecular weight is 199 g/mol. The summed E-state index contributed by atoms with van der Waals surface area (Å²) >= 11 is 0. The number of nitrogens with zero attached hydrogens (tertiary/aromatic N) is 3. The lowest BCUT2D eigenvalue weighted by Gasteiger charge is -1.96. The number of aromatic nitrogens is 2. The highest BCUT2D eigenvalue weighted by Gasteiger charge is 2.09. The Morgan fingerprint density at radius 2 is 2.36 bits per heavy atom. The first-order chi connectivity index (χ1) is 6.75. The summed E-state index contributed by atoms with van der Waals surface area (Å²) in [5.74, 6) is 0.387. The molecule has 0 amide bonds. The monoisotopic (exact) mass is 199 g/mol. The first-order valence-electron chi connectivity index (χ1n) is 4.13. The van der Waals surface area contributed by atoms with Crippen LogP contribution in [0.3, 0.4) is 0 Å². The SMILES string of the molecule is COCCCN=C(N)c1nonc1N. The van der Waals surface area contributed by atoms with Gasteiger partial charge in [-0.15, -0.1) is 0 Å². The fourth-order valence-electron chi connectivity index (χ4n) is 0.856. The van der Waals surface area contributed by atoms with Gasteiger partial charge in [-0.3, -0.25) is 4.99 Å². The third-order valence-corrected chi connectivity index (χ3v) is 1.55. The van der Waals surface area contributed by atoms with Crippen LogP contribution in [0.2, 0.25) is 0 Å². The molecule has 7 heteroatoms. The zero-order valence-corrected chi connectivity index (χ0v) is 7.93. The largest absolute Gasteiger partial charge is 0.385 e. The predicted molar refractivity (Wildman–Crippen MR) is 50.8 cm³/mol. The van der Waals surface area contributed by atoms with Gasteiger partial charge in [-0.05, 0) is 16.7 Å². The number of anilines is 1. The third-order valence-electron chi connectivity index (χ3n) is 1.55. The van der Waals surface area contributed by atoms with Crippen LogP contribution in [-0.2, 0) is 4.74 Å². The molecule has 0 aliphatic carbocycles. The van der Waals surface area contributed by atoms with Gasteiger partial charge in [0.05, 0.1) is 0 Å². The van der Waals surface area contributed by atoms with Crippen LogP contribution in [0, 0.1) is 0 Å². The van der Waals surface area contributed by atoms with E-state index in [1.54, 1.807) is 7.11 Å². The molecule has 0 aromatic carbocycles. The highest BCUT2D eigenvalue weighted by Crippen LogP contribution is 2.02. The third kappa shape index (κ3) is 2.70. The van der Waals surface area contributed by atoms with Crippen LogP contribution in [0.25, 0.3) is 0 Å². The molecule has 0 spiro atoms. The number of nitrogen functional groups attached to an aromatic ring is 1. The summed E-state index contributed by atoms with van der Waals surface area (Å²) in [7, 11) is 1.63. The summed E-state index contributed by atoms with van der Waals surface area (Å²) in [6.45, 7) is 1.20. The maximum Gasteiger partial charge on any atom is 0.199 e. The van der Waals surface area contributed by atoms with Crippen molar-refractivity contribution < 1.29 is 9.37 Å². The van der Waals surface area contributed by atoms with Gasteiger partial charge in [0.25, 0.3) is 0 Å². The lowest BCUT2D eigenvalue weighted by Crippen LogP contribution is -2.16. The van der Waals surface area contributed by atoms with Gasteiger partial charge in [0.2, 0.25) is 0 Å². The number of methoxy groups -OCH3 is 1. The Bertz CT molecular complexity index is 309. The minimum Gasteiger partial charge on any atom is -0.385 e. The summed E-state index contributed by atoms with van der Waals surface area (Å²) in [6.07, 6.45) is 0.794. The molecule has 0 fully saturated rings. The summed E-state index contributed by atoms with van der Waals surface area (Å²) in [4.78, 5) is 4.04.